The molecular formula is C20H32N4O4. The van der Waals surface area contributed by atoms with Gasteiger partial charge >= 0.3 is 6.03 Å². The molecule has 3 saturated heterocycles. The van der Waals surface area contributed by atoms with E-state index in [-0.39, 0.29) is 24.4 Å². The quantitative estimate of drug-likeness (QED) is 0.665. The van der Waals surface area contributed by atoms with Crippen LogP contribution in [-0.2, 0) is 14.3 Å². The molecule has 8 nitrogen and oxygen atoms in total. The van der Waals surface area contributed by atoms with E-state index in [1.165, 1.54) is 4.90 Å². The second-order valence-corrected chi connectivity index (χ2v) is 8.64. The molecule has 1 unspecified atom stereocenters. The highest BCUT2D eigenvalue weighted by Crippen LogP contribution is 2.39. The maximum atomic E-state index is 13.0. The zero-order chi connectivity index (χ0) is 19.7. The Balaban J connectivity index is 1.31. The molecule has 8 heteroatoms. The van der Waals surface area contributed by atoms with Crippen molar-refractivity contribution in [1.29, 1.82) is 0 Å². The van der Waals surface area contributed by atoms with Crippen molar-refractivity contribution in [1.82, 2.24) is 19.6 Å². The van der Waals surface area contributed by atoms with Gasteiger partial charge in [0.2, 0.25) is 5.91 Å². The monoisotopic (exact) mass is 392 g/mol. The van der Waals surface area contributed by atoms with Gasteiger partial charge in [0.05, 0.1) is 6.10 Å². The van der Waals surface area contributed by atoms with Crippen LogP contribution >= 0.6 is 0 Å². The molecule has 3 aliphatic heterocycles. The molecule has 4 aliphatic rings. The first-order valence-corrected chi connectivity index (χ1v) is 10.7. The van der Waals surface area contributed by atoms with Gasteiger partial charge in [-0.2, -0.15) is 0 Å². The van der Waals surface area contributed by atoms with E-state index in [0.29, 0.717) is 32.0 Å². The minimum atomic E-state index is -0.713. The van der Waals surface area contributed by atoms with Crippen molar-refractivity contribution >= 4 is 17.8 Å². The third-order valence-corrected chi connectivity index (χ3v) is 6.99. The number of carbonyl (C=O) groups excluding carboxylic acids is 3. The average molecular weight is 393 g/mol. The standard InChI is InChI=1S/C20H32N4O4/c1-21-19(27)24(18(26)20(21)7-3-2-4-8-20)15-17(25)23-11-9-22(10-12-23)14-16-6-5-13-28-16/h16H,2-15H2,1H3. The highest BCUT2D eigenvalue weighted by Gasteiger charge is 2.56. The Hall–Kier alpha value is -1.67. The van der Waals surface area contributed by atoms with Crippen LogP contribution in [0.1, 0.15) is 44.9 Å². The summed E-state index contributed by atoms with van der Waals surface area (Å²) in [4.78, 5) is 45.4. The van der Waals surface area contributed by atoms with Crippen LogP contribution in [0.4, 0.5) is 4.79 Å². The molecule has 3 heterocycles. The van der Waals surface area contributed by atoms with Crippen LogP contribution in [0, 0.1) is 0 Å². The van der Waals surface area contributed by atoms with Crippen molar-refractivity contribution in [3.05, 3.63) is 0 Å². The summed E-state index contributed by atoms with van der Waals surface area (Å²) in [7, 11) is 1.71. The molecule has 0 radical (unpaired) electrons. The third kappa shape index (κ3) is 3.52. The summed E-state index contributed by atoms with van der Waals surface area (Å²) in [5.41, 5.74) is -0.713. The van der Waals surface area contributed by atoms with Crippen molar-refractivity contribution in [2.45, 2.75) is 56.6 Å². The van der Waals surface area contributed by atoms with Gasteiger partial charge in [0.15, 0.2) is 0 Å². The van der Waals surface area contributed by atoms with Crippen LogP contribution in [0.5, 0.6) is 0 Å². The van der Waals surface area contributed by atoms with E-state index in [1.807, 2.05) is 0 Å². The van der Waals surface area contributed by atoms with E-state index in [0.717, 1.165) is 58.3 Å². The fourth-order valence-electron chi connectivity index (χ4n) is 5.16. The average Bonchev–Trinajstić information content (AvgIpc) is 3.28. The molecule has 0 bridgehead atoms. The number of likely N-dealkylation sites (N-methyl/N-ethyl adjacent to an activating group) is 1. The highest BCUT2D eigenvalue weighted by molar-refractivity contribution is 6.08. The van der Waals surface area contributed by atoms with Gasteiger partial charge < -0.3 is 14.5 Å². The number of urea groups is 1. The minimum absolute atomic E-state index is 0.125. The van der Waals surface area contributed by atoms with Crippen LogP contribution in [0.15, 0.2) is 0 Å². The van der Waals surface area contributed by atoms with Crippen molar-refractivity contribution < 1.29 is 19.1 Å². The number of piperazine rings is 1. The molecule has 1 spiro atoms. The Morgan fingerprint density at radius 2 is 1.79 bits per heavy atom. The SMILES string of the molecule is CN1C(=O)N(CC(=O)N2CCN(CC3CCCO3)CC2)C(=O)C12CCCCC2. The summed E-state index contributed by atoms with van der Waals surface area (Å²) in [5.74, 6) is -0.301. The molecule has 1 atom stereocenters. The zero-order valence-electron chi connectivity index (χ0n) is 16.9. The van der Waals surface area contributed by atoms with Crippen molar-refractivity contribution in [3.63, 3.8) is 0 Å². The first-order chi connectivity index (χ1) is 13.5. The minimum Gasteiger partial charge on any atom is -0.377 e. The number of rotatable bonds is 4. The first-order valence-electron chi connectivity index (χ1n) is 10.7. The molecule has 4 rings (SSSR count). The highest BCUT2D eigenvalue weighted by atomic mass is 16.5. The van der Waals surface area contributed by atoms with Gasteiger partial charge in [-0.15, -0.1) is 0 Å². The van der Waals surface area contributed by atoms with Crippen molar-refractivity contribution in [3.8, 4) is 0 Å². The maximum absolute atomic E-state index is 13.0. The van der Waals surface area contributed by atoms with Crippen molar-refractivity contribution in [2.75, 3.05) is 52.9 Å². The van der Waals surface area contributed by atoms with Crippen LogP contribution in [0.25, 0.3) is 0 Å². The molecule has 28 heavy (non-hydrogen) atoms. The van der Waals surface area contributed by atoms with Gasteiger partial charge in [-0.1, -0.05) is 19.3 Å². The summed E-state index contributed by atoms with van der Waals surface area (Å²) in [5, 5.41) is 0. The van der Waals surface area contributed by atoms with Gasteiger partial charge in [-0.25, -0.2) is 4.79 Å². The second-order valence-electron chi connectivity index (χ2n) is 8.64. The first kappa shape index (κ1) is 19.6. The number of hydrogen-bond donors (Lipinski definition) is 0. The predicted octanol–water partition coefficient (Wildman–Crippen LogP) is 0.907. The number of nitrogens with zero attached hydrogens (tertiary/aromatic N) is 4. The van der Waals surface area contributed by atoms with Gasteiger partial charge in [-0.3, -0.25) is 19.4 Å². The van der Waals surface area contributed by atoms with Crippen LogP contribution in [0.3, 0.4) is 0 Å². The van der Waals surface area contributed by atoms with Gasteiger partial charge in [0.25, 0.3) is 5.91 Å². The lowest BCUT2D eigenvalue weighted by molar-refractivity contribution is -0.141. The Bertz CT molecular complexity index is 620. The van der Waals surface area contributed by atoms with Gasteiger partial charge in [0.1, 0.15) is 12.1 Å². The van der Waals surface area contributed by atoms with Crippen LogP contribution < -0.4 is 0 Å². The van der Waals surface area contributed by atoms with E-state index in [2.05, 4.69) is 4.90 Å². The molecule has 4 amide bonds. The summed E-state index contributed by atoms with van der Waals surface area (Å²) < 4.78 is 5.70. The molecule has 156 valence electrons. The lowest BCUT2D eigenvalue weighted by Gasteiger charge is -2.36. The predicted molar refractivity (Wildman–Crippen MR) is 103 cm³/mol. The van der Waals surface area contributed by atoms with E-state index >= 15 is 0 Å². The molecule has 4 fully saturated rings. The molecule has 1 saturated carbocycles. The molecule has 1 aliphatic carbocycles. The van der Waals surface area contributed by atoms with E-state index < -0.39 is 5.54 Å². The number of carbonyl (C=O) groups is 3. The van der Waals surface area contributed by atoms with Gasteiger partial charge in [-0.05, 0) is 25.7 Å². The lowest BCUT2D eigenvalue weighted by Crippen LogP contribution is -2.53. The van der Waals surface area contributed by atoms with Crippen LogP contribution in [0.2, 0.25) is 0 Å². The largest absolute Gasteiger partial charge is 0.377 e. The zero-order valence-corrected chi connectivity index (χ0v) is 16.9. The lowest BCUT2D eigenvalue weighted by atomic mass is 9.81. The van der Waals surface area contributed by atoms with E-state index in [9.17, 15) is 14.4 Å². The Morgan fingerprint density at radius 1 is 1.07 bits per heavy atom. The molecule has 0 aromatic rings. The topological polar surface area (TPSA) is 73.4 Å². The summed E-state index contributed by atoms with van der Waals surface area (Å²) in [6, 6.07) is -0.322. The summed E-state index contributed by atoms with van der Waals surface area (Å²) >= 11 is 0. The van der Waals surface area contributed by atoms with E-state index in [4.69, 9.17) is 4.74 Å². The third-order valence-electron chi connectivity index (χ3n) is 6.99. The Morgan fingerprint density at radius 3 is 2.43 bits per heavy atom. The van der Waals surface area contributed by atoms with Crippen molar-refractivity contribution in [2.24, 2.45) is 0 Å². The fourth-order valence-corrected chi connectivity index (χ4v) is 5.16. The van der Waals surface area contributed by atoms with E-state index in [1.54, 1.807) is 16.8 Å². The number of imide groups is 1. The number of ether oxygens (including phenoxy) is 1. The van der Waals surface area contributed by atoms with Crippen LogP contribution in [-0.4, -0.2) is 102 Å². The maximum Gasteiger partial charge on any atom is 0.327 e. The second kappa shape index (κ2) is 7.99. The molecule has 0 aromatic heterocycles. The normalized spacial score (nSPS) is 28.6. The molecule has 0 aromatic carbocycles. The summed E-state index contributed by atoms with van der Waals surface area (Å²) in [6.07, 6.45) is 7.01. The Kier molecular flexibility index (Phi) is 5.60. The fraction of sp³-hybridized carbons (Fsp3) is 0.850. The molecule has 0 N–H and O–H groups in total. The van der Waals surface area contributed by atoms with Gasteiger partial charge in [0, 0.05) is 46.4 Å². The number of hydrogen-bond acceptors (Lipinski definition) is 5. The number of amides is 4. The smallest absolute Gasteiger partial charge is 0.327 e. The summed E-state index contributed by atoms with van der Waals surface area (Å²) in [6.45, 7) is 4.57. The Labute approximate surface area is 166 Å². The molecular weight excluding hydrogens is 360 g/mol.